The molecule has 3 aromatic carbocycles. The molecule has 8 heterocycles. The molecule has 0 bridgehead atoms. The zero-order chi connectivity index (χ0) is 59.7. The van der Waals surface area contributed by atoms with Crippen LogP contribution in [0.5, 0.6) is 0 Å². The summed E-state index contributed by atoms with van der Waals surface area (Å²) in [6.07, 6.45) is 14.2. The van der Waals surface area contributed by atoms with Gasteiger partial charge in [-0.05, 0) is 116 Å². The van der Waals surface area contributed by atoms with Crippen LogP contribution in [0.3, 0.4) is 0 Å². The number of nitrogens with zero attached hydrogens (tertiary/aromatic N) is 5. The van der Waals surface area contributed by atoms with E-state index < -0.39 is 61.7 Å². The number of hydrogen-bond acceptors (Lipinski definition) is 8. The van der Waals surface area contributed by atoms with Gasteiger partial charge in [0.25, 0.3) is 16.7 Å². The number of carbonyl (C=O) groups is 3. The highest BCUT2D eigenvalue weighted by molar-refractivity contribution is 6.76. The number of likely N-dealkylation sites (tertiary alicyclic amines) is 1. The van der Waals surface area contributed by atoms with E-state index in [9.17, 15) is 41.9 Å². The third-order valence-corrected chi connectivity index (χ3v) is 16.5. The van der Waals surface area contributed by atoms with Gasteiger partial charge >= 0.3 is 11.9 Å². The van der Waals surface area contributed by atoms with Crippen LogP contribution < -0.4 is 22.0 Å². The number of rotatable bonds is 14. The molecule has 83 heavy (non-hydrogen) atoms. The van der Waals surface area contributed by atoms with E-state index in [0.717, 1.165) is 41.1 Å². The lowest BCUT2D eigenvalue weighted by atomic mass is 10.1. The first-order valence-corrected chi connectivity index (χ1v) is 31.4. The number of carboxylic acid groups (broad SMARTS) is 2. The van der Waals surface area contributed by atoms with Crippen LogP contribution >= 0.6 is 34.8 Å². The van der Waals surface area contributed by atoms with Crippen LogP contribution in [-0.4, -0.2) is 102 Å². The highest BCUT2D eigenvalue weighted by Crippen LogP contribution is 2.33. The van der Waals surface area contributed by atoms with Gasteiger partial charge in [-0.15, -0.1) is 0 Å². The van der Waals surface area contributed by atoms with Gasteiger partial charge in [-0.2, -0.15) is 0 Å². The second-order valence-corrected chi connectivity index (χ2v) is 27.9. The zero-order valence-corrected chi connectivity index (χ0v) is 48.8. The van der Waals surface area contributed by atoms with Crippen molar-refractivity contribution in [2.45, 2.75) is 77.7 Å². The number of carbonyl (C=O) groups excluding carboxylic acids is 1. The first-order valence-electron chi connectivity index (χ1n) is 26.6. The van der Waals surface area contributed by atoms with Crippen molar-refractivity contribution in [2.75, 3.05) is 32.8 Å². The Balaban J connectivity index is 0.000000157. The molecule has 11 rings (SSSR count). The molecule has 1 amide bonds. The predicted octanol–water partition coefficient (Wildman–Crippen LogP) is 11.3. The molecule has 0 unspecified atom stereocenters. The van der Waals surface area contributed by atoms with Crippen LogP contribution in [0.15, 0.2) is 124 Å². The normalized spacial score (nSPS) is 13.1. The summed E-state index contributed by atoms with van der Waals surface area (Å²) in [4.78, 5) is 80.4. The molecule has 0 spiro atoms. The summed E-state index contributed by atoms with van der Waals surface area (Å²) in [5.41, 5.74) is 3.71. The molecule has 0 aliphatic carbocycles. The van der Waals surface area contributed by atoms with Crippen molar-refractivity contribution >= 4 is 93.4 Å². The number of nitrogens with one attached hydrogen (secondary N) is 3. The number of fused-ring (bicyclic) bond motifs is 3. The van der Waals surface area contributed by atoms with Crippen LogP contribution in [0.4, 0.5) is 13.2 Å². The van der Waals surface area contributed by atoms with Gasteiger partial charge in [-0.1, -0.05) is 72.6 Å². The Morgan fingerprint density at radius 2 is 1.01 bits per heavy atom. The molecule has 6 aromatic heterocycles. The van der Waals surface area contributed by atoms with E-state index in [2.05, 4.69) is 34.9 Å². The van der Waals surface area contributed by atoms with Crippen molar-refractivity contribution in [1.29, 1.82) is 0 Å². The maximum Gasteiger partial charge on any atom is 0.323 e. The SMILES string of the molecule is C1CCNC1.C[Si](C)(C)CCOCn1cc(-c2ccc(Cl)c(F)c2)c2c(=O)n(CC(=O)O)ccc21.O=C(Cn1ccc2[nH]cc(-c3ccc(Cl)c(F)c3)c2c1=O)N1CCCC1.O=C(O)Cn1ccc2[nH]cc(-c3ccc(Cl)c(F)c3)c2c1=O. The van der Waals surface area contributed by atoms with E-state index in [0.29, 0.717) is 72.7 Å². The van der Waals surface area contributed by atoms with Crippen LogP contribution in [-0.2, 0) is 45.5 Å². The molecule has 436 valence electrons. The molecule has 0 saturated carbocycles. The number of aromatic nitrogens is 6. The van der Waals surface area contributed by atoms with Gasteiger partial charge in [-0.25, -0.2) is 13.2 Å². The van der Waals surface area contributed by atoms with E-state index in [4.69, 9.17) is 49.8 Å². The fraction of sp³-hybridized carbons (Fsp3) is 0.288. The first-order chi connectivity index (χ1) is 39.6. The number of benzene rings is 3. The van der Waals surface area contributed by atoms with Gasteiger partial charge in [0, 0.05) is 81.6 Å². The quantitative estimate of drug-likeness (QED) is 0.0512. The smallest absolute Gasteiger partial charge is 0.323 e. The van der Waals surface area contributed by atoms with Crippen LogP contribution in [0.25, 0.3) is 66.1 Å². The average Bonchev–Trinajstić information content (AvgIpc) is 3.45. The van der Waals surface area contributed by atoms with Crippen LogP contribution in [0.1, 0.15) is 25.7 Å². The van der Waals surface area contributed by atoms with Gasteiger partial charge in [0.05, 0.1) is 47.8 Å². The van der Waals surface area contributed by atoms with Gasteiger partial charge in [0.2, 0.25) is 5.91 Å². The highest BCUT2D eigenvalue weighted by Gasteiger charge is 2.22. The molecule has 2 fully saturated rings. The summed E-state index contributed by atoms with van der Waals surface area (Å²) in [5.74, 6) is -4.02. The second kappa shape index (κ2) is 27.2. The summed E-state index contributed by atoms with van der Waals surface area (Å²) in [6, 6.07) is 19.0. The van der Waals surface area contributed by atoms with E-state index in [1.54, 1.807) is 70.7 Å². The van der Waals surface area contributed by atoms with Crippen molar-refractivity contribution in [3.8, 4) is 33.4 Å². The summed E-state index contributed by atoms with van der Waals surface area (Å²) in [6.45, 7) is 10.7. The number of carboxylic acids is 2. The minimum atomic E-state index is -1.24. The molecular formula is C59H60Cl3F3N8O9Si. The number of aliphatic carboxylic acids is 2. The Labute approximate surface area is 489 Å². The molecule has 24 heteroatoms. The molecule has 17 nitrogen and oxygen atoms in total. The number of amides is 1. The van der Waals surface area contributed by atoms with Crippen molar-refractivity contribution < 1.29 is 42.5 Å². The molecule has 0 atom stereocenters. The van der Waals surface area contributed by atoms with Crippen molar-refractivity contribution in [3.05, 3.63) is 174 Å². The molecular weight excluding hydrogens is 1160 g/mol. The largest absolute Gasteiger partial charge is 0.480 e. The van der Waals surface area contributed by atoms with Gasteiger partial charge in [0.1, 0.15) is 43.8 Å². The van der Waals surface area contributed by atoms with Gasteiger partial charge < -0.3 is 53.4 Å². The van der Waals surface area contributed by atoms with Gasteiger partial charge in [-0.3, -0.25) is 28.8 Å². The fourth-order valence-electron chi connectivity index (χ4n) is 9.52. The average molecular weight is 1220 g/mol. The van der Waals surface area contributed by atoms with E-state index in [-0.39, 0.29) is 39.8 Å². The Morgan fingerprint density at radius 3 is 1.43 bits per heavy atom. The number of H-pyrrole nitrogens is 2. The van der Waals surface area contributed by atoms with Crippen molar-refractivity contribution in [3.63, 3.8) is 0 Å². The number of halogens is 6. The van der Waals surface area contributed by atoms with E-state index in [1.807, 2.05) is 0 Å². The molecule has 2 saturated heterocycles. The Bertz CT molecular complexity index is 4040. The summed E-state index contributed by atoms with van der Waals surface area (Å²) < 4.78 is 52.7. The lowest BCUT2D eigenvalue weighted by Crippen LogP contribution is -2.34. The molecule has 0 radical (unpaired) electrons. The number of pyridine rings is 3. The molecule has 2 aliphatic heterocycles. The minimum Gasteiger partial charge on any atom is -0.480 e. The standard InChI is InChI=1S/C21H24ClFN2O4Si.C19H17ClFN3O2.C15H10ClFN2O3.C4H9N/c1-30(2,3)9-8-29-13-25-11-15(14-4-5-16(22)17(23)10-14)20-18(25)6-7-24(21(20)28)12-19(26)27;20-14-4-3-12(9-15(14)21)13-10-22-16-5-8-24(19(26)18(13)16)11-17(25)23-6-1-2-7-23;16-10-2-1-8(5-11(10)17)9-6-18-12-3-4-19(7-13(20)21)15(22)14(9)12;1-2-4-5-3-1/h4-7,10-11H,8-9,12-13H2,1-3H3,(H,26,27);3-5,8-10,22H,1-2,6-7,11H2;1-6,18H,7H2,(H,20,21);5H,1-4H2. The summed E-state index contributed by atoms with van der Waals surface area (Å²) in [5, 5.41) is 22.2. The zero-order valence-electron chi connectivity index (χ0n) is 45.5. The highest BCUT2D eigenvalue weighted by atomic mass is 35.5. The lowest BCUT2D eigenvalue weighted by Gasteiger charge is -2.16. The van der Waals surface area contributed by atoms with Crippen molar-refractivity contribution in [2.24, 2.45) is 0 Å². The predicted molar refractivity (Wildman–Crippen MR) is 320 cm³/mol. The summed E-state index contributed by atoms with van der Waals surface area (Å²) >= 11 is 17.2. The number of ether oxygens (including phenoxy) is 1. The van der Waals surface area contributed by atoms with Crippen LogP contribution in [0, 0.1) is 17.5 Å². The first kappa shape index (κ1) is 61.4. The maximum atomic E-state index is 14.1. The topological polar surface area (TPSA) is 219 Å². The van der Waals surface area contributed by atoms with Gasteiger partial charge in [0.15, 0.2) is 0 Å². The third kappa shape index (κ3) is 15.1. The summed E-state index contributed by atoms with van der Waals surface area (Å²) in [7, 11) is -1.24. The Kier molecular flexibility index (Phi) is 20.1. The van der Waals surface area contributed by atoms with Crippen molar-refractivity contribution in [1.82, 2.24) is 38.5 Å². The fourth-order valence-corrected chi connectivity index (χ4v) is 10.6. The molecule has 9 aromatic rings. The van der Waals surface area contributed by atoms with E-state index in [1.165, 1.54) is 79.3 Å². The number of hydrogen-bond donors (Lipinski definition) is 5. The monoisotopic (exact) mass is 1210 g/mol. The molecule has 2 aliphatic rings. The number of aromatic amines is 2. The van der Waals surface area contributed by atoms with E-state index >= 15 is 0 Å². The Hall–Kier alpha value is -7.66. The maximum absolute atomic E-state index is 14.1. The third-order valence-electron chi connectivity index (χ3n) is 13.9. The lowest BCUT2D eigenvalue weighted by molar-refractivity contribution is -0.138. The molecule has 5 N–H and O–H groups in total. The minimum absolute atomic E-state index is 0.00752. The Morgan fingerprint density at radius 1 is 0.578 bits per heavy atom. The van der Waals surface area contributed by atoms with Crippen LogP contribution in [0.2, 0.25) is 40.8 Å². The second-order valence-electron chi connectivity index (χ2n) is 21.1.